The molecular formula is C18H11ClO2S. The number of hydrogen-bond acceptors (Lipinski definition) is 3. The summed E-state index contributed by atoms with van der Waals surface area (Å²) >= 11 is 7.21. The van der Waals surface area contributed by atoms with E-state index in [1.54, 1.807) is 54.6 Å². The Morgan fingerprint density at radius 1 is 0.773 bits per heavy atom. The highest BCUT2D eigenvalue weighted by atomic mass is 35.5. The quantitative estimate of drug-likeness (QED) is 0.641. The largest absolute Gasteiger partial charge is 0.289 e. The summed E-state index contributed by atoms with van der Waals surface area (Å²) in [5.41, 5.74) is 1.34. The average Bonchev–Trinajstić information content (AvgIpc) is 3.09. The van der Waals surface area contributed by atoms with Crippen LogP contribution in [0.2, 0.25) is 5.02 Å². The lowest BCUT2D eigenvalue weighted by Crippen LogP contribution is -2.10. The van der Waals surface area contributed by atoms with Crippen LogP contribution in [0.4, 0.5) is 0 Å². The Morgan fingerprint density at radius 2 is 1.41 bits per heavy atom. The van der Waals surface area contributed by atoms with Crippen LogP contribution in [0.3, 0.4) is 0 Å². The van der Waals surface area contributed by atoms with E-state index in [0.717, 1.165) is 0 Å². The molecular weight excluding hydrogens is 316 g/mol. The molecule has 108 valence electrons. The van der Waals surface area contributed by atoms with E-state index >= 15 is 0 Å². The number of thiophene rings is 1. The summed E-state index contributed by atoms with van der Waals surface area (Å²) in [6.45, 7) is 0. The number of halogens is 1. The van der Waals surface area contributed by atoms with E-state index < -0.39 is 0 Å². The predicted octanol–water partition coefficient (Wildman–Crippen LogP) is 4.86. The van der Waals surface area contributed by atoms with Gasteiger partial charge in [-0.1, -0.05) is 41.9 Å². The van der Waals surface area contributed by atoms with Crippen molar-refractivity contribution >= 4 is 34.5 Å². The van der Waals surface area contributed by atoms with Crippen molar-refractivity contribution in [3.05, 3.63) is 92.6 Å². The summed E-state index contributed by atoms with van der Waals surface area (Å²) in [4.78, 5) is 25.8. The molecule has 4 heteroatoms. The van der Waals surface area contributed by atoms with Crippen molar-refractivity contribution in [1.82, 2.24) is 0 Å². The van der Waals surface area contributed by atoms with Crippen LogP contribution in [0.5, 0.6) is 0 Å². The molecule has 3 aromatic rings. The van der Waals surface area contributed by atoms with Gasteiger partial charge in [-0.25, -0.2) is 0 Å². The normalized spacial score (nSPS) is 10.4. The Bertz CT molecular complexity index is 821. The second kappa shape index (κ2) is 6.26. The van der Waals surface area contributed by atoms with Crippen molar-refractivity contribution in [2.45, 2.75) is 0 Å². The lowest BCUT2D eigenvalue weighted by Gasteiger charge is -2.07. The van der Waals surface area contributed by atoms with Gasteiger partial charge in [-0.15, -0.1) is 11.3 Å². The summed E-state index contributed by atoms with van der Waals surface area (Å²) in [5.74, 6) is -0.315. The third-order valence-corrected chi connectivity index (χ3v) is 4.39. The molecule has 22 heavy (non-hydrogen) atoms. The van der Waals surface area contributed by atoms with Gasteiger partial charge in [0.2, 0.25) is 5.78 Å². The zero-order valence-corrected chi connectivity index (χ0v) is 13.0. The van der Waals surface area contributed by atoms with Gasteiger partial charge in [0.15, 0.2) is 5.78 Å². The van der Waals surface area contributed by atoms with Crippen molar-refractivity contribution < 1.29 is 9.59 Å². The van der Waals surface area contributed by atoms with Crippen molar-refractivity contribution in [3.8, 4) is 0 Å². The molecule has 2 aromatic carbocycles. The van der Waals surface area contributed by atoms with Crippen molar-refractivity contribution in [1.29, 1.82) is 0 Å². The highest BCUT2D eigenvalue weighted by molar-refractivity contribution is 7.12. The third kappa shape index (κ3) is 2.86. The van der Waals surface area contributed by atoms with Crippen LogP contribution >= 0.6 is 22.9 Å². The molecule has 0 N–H and O–H groups in total. The second-order valence-electron chi connectivity index (χ2n) is 4.69. The average molecular weight is 327 g/mol. The SMILES string of the molecule is O=C(c1ccc(Cl)cc1)c1ccccc1C(=O)c1cccs1. The van der Waals surface area contributed by atoms with Gasteiger partial charge in [-0.3, -0.25) is 9.59 Å². The van der Waals surface area contributed by atoms with E-state index in [1.807, 2.05) is 11.4 Å². The number of hydrogen-bond donors (Lipinski definition) is 0. The van der Waals surface area contributed by atoms with Crippen LogP contribution in [0.1, 0.15) is 31.2 Å². The fourth-order valence-electron chi connectivity index (χ4n) is 2.18. The molecule has 1 aromatic heterocycles. The van der Waals surface area contributed by atoms with Crippen LogP contribution in [-0.4, -0.2) is 11.6 Å². The summed E-state index contributed by atoms with van der Waals surface area (Å²) in [6, 6.07) is 17.1. The Balaban J connectivity index is 2.03. The predicted molar refractivity (Wildman–Crippen MR) is 89.1 cm³/mol. The van der Waals surface area contributed by atoms with Crippen molar-refractivity contribution in [2.24, 2.45) is 0 Å². The van der Waals surface area contributed by atoms with Gasteiger partial charge in [0.1, 0.15) is 0 Å². The maximum atomic E-state index is 12.7. The second-order valence-corrected chi connectivity index (χ2v) is 6.07. The maximum absolute atomic E-state index is 12.7. The van der Waals surface area contributed by atoms with Crippen LogP contribution in [0.15, 0.2) is 66.0 Å². The summed E-state index contributed by atoms with van der Waals surface area (Å²) in [7, 11) is 0. The van der Waals surface area contributed by atoms with E-state index in [9.17, 15) is 9.59 Å². The summed E-state index contributed by atoms with van der Waals surface area (Å²) < 4.78 is 0. The molecule has 0 atom stereocenters. The maximum Gasteiger partial charge on any atom is 0.203 e. The molecule has 0 unspecified atom stereocenters. The first-order valence-corrected chi connectivity index (χ1v) is 7.90. The Kier molecular flexibility index (Phi) is 4.18. The van der Waals surface area contributed by atoms with Gasteiger partial charge in [0.05, 0.1) is 4.88 Å². The molecule has 0 aliphatic heterocycles. The topological polar surface area (TPSA) is 34.1 Å². The molecule has 0 fully saturated rings. The highest BCUT2D eigenvalue weighted by Gasteiger charge is 2.19. The van der Waals surface area contributed by atoms with Gasteiger partial charge in [0.25, 0.3) is 0 Å². The Hall–Kier alpha value is -2.23. The van der Waals surface area contributed by atoms with Crippen LogP contribution in [0.25, 0.3) is 0 Å². The molecule has 2 nitrogen and oxygen atoms in total. The monoisotopic (exact) mass is 326 g/mol. The fourth-order valence-corrected chi connectivity index (χ4v) is 2.98. The molecule has 0 saturated heterocycles. The molecule has 0 spiro atoms. The lowest BCUT2D eigenvalue weighted by atomic mass is 9.95. The van der Waals surface area contributed by atoms with Crippen LogP contribution in [0, 0.1) is 0 Å². The van der Waals surface area contributed by atoms with Crippen LogP contribution in [-0.2, 0) is 0 Å². The number of carbonyl (C=O) groups is 2. The molecule has 3 rings (SSSR count). The minimum absolute atomic E-state index is 0.132. The minimum atomic E-state index is -0.183. The van der Waals surface area contributed by atoms with E-state index in [2.05, 4.69) is 0 Å². The molecule has 0 saturated carbocycles. The first-order chi connectivity index (χ1) is 10.7. The fraction of sp³-hybridized carbons (Fsp3) is 0. The Morgan fingerprint density at radius 3 is 2.00 bits per heavy atom. The zero-order chi connectivity index (χ0) is 15.5. The third-order valence-electron chi connectivity index (χ3n) is 3.27. The first-order valence-electron chi connectivity index (χ1n) is 6.64. The van der Waals surface area contributed by atoms with E-state index in [1.165, 1.54) is 11.3 Å². The van der Waals surface area contributed by atoms with Crippen molar-refractivity contribution in [2.75, 3.05) is 0 Å². The number of carbonyl (C=O) groups excluding carboxylic acids is 2. The van der Waals surface area contributed by atoms with E-state index in [0.29, 0.717) is 26.6 Å². The summed E-state index contributed by atoms with van der Waals surface area (Å²) in [5, 5.41) is 2.41. The van der Waals surface area contributed by atoms with Gasteiger partial charge < -0.3 is 0 Å². The van der Waals surface area contributed by atoms with Crippen molar-refractivity contribution in [3.63, 3.8) is 0 Å². The Labute approximate surface area is 137 Å². The standard InChI is InChI=1S/C18H11ClO2S/c19-13-9-7-12(8-10-13)17(20)14-4-1-2-5-15(14)18(21)16-6-3-11-22-16/h1-11H. The van der Waals surface area contributed by atoms with Crippen LogP contribution < -0.4 is 0 Å². The number of benzene rings is 2. The highest BCUT2D eigenvalue weighted by Crippen LogP contribution is 2.21. The number of rotatable bonds is 4. The molecule has 0 aliphatic rings. The number of ketones is 2. The first kappa shape index (κ1) is 14.7. The van der Waals surface area contributed by atoms with Gasteiger partial charge in [0, 0.05) is 21.7 Å². The minimum Gasteiger partial charge on any atom is -0.289 e. The van der Waals surface area contributed by atoms with Gasteiger partial charge >= 0.3 is 0 Å². The van der Waals surface area contributed by atoms with E-state index in [4.69, 9.17) is 11.6 Å². The van der Waals surface area contributed by atoms with Gasteiger partial charge in [-0.2, -0.15) is 0 Å². The molecule has 0 amide bonds. The molecule has 1 heterocycles. The lowest BCUT2D eigenvalue weighted by molar-refractivity contribution is 0.100. The smallest absolute Gasteiger partial charge is 0.203 e. The molecule has 0 aliphatic carbocycles. The molecule has 0 radical (unpaired) electrons. The molecule has 0 bridgehead atoms. The van der Waals surface area contributed by atoms with Gasteiger partial charge in [-0.05, 0) is 35.7 Å². The zero-order valence-electron chi connectivity index (χ0n) is 11.5. The summed E-state index contributed by atoms with van der Waals surface area (Å²) in [6.07, 6.45) is 0. The van der Waals surface area contributed by atoms with E-state index in [-0.39, 0.29) is 11.6 Å².